The van der Waals surface area contributed by atoms with E-state index in [0.29, 0.717) is 10.8 Å². The molecule has 3 aromatic rings. The van der Waals surface area contributed by atoms with Crippen LogP contribution in [0.3, 0.4) is 0 Å². The van der Waals surface area contributed by atoms with Gasteiger partial charge in [0.1, 0.15) is 5.69 Å². The third kappa shape index (κ3) is 3.23. The van der Waals surface area contributed by atoms with Crippen LogP contribution in [0.5, 0.6) is 0 Å². The molecule has 0 atom stereocenters. The first-order chi connectivity index (χ1) is 11.6. The molecule has 1 N–H and O–H groups in total. The number of pyridine rings is 1. The minimum absolute atomic E-state index is 0.243. The highest BCUT2D eigenvalue weighted by molar-refractivity contribution is 7.14. The fourth-order valence-corrected chi connectivity index (χ4v) is 3.45. The van der Waals surface area contributed by atoms with Crippen molar-refractivity contribution in [3.63, 3.8) is 0 Å². The Labute approximate surface area is 145 Å². The molecule has 0 aliphatic heterocycles. The zero-order valence-electron chi connectivity index (χ0n) is 14.0. The van der Waals surface area contributed by atoms with E-state index in [9.17, 15) is 4.79 Å². The van der Waals surface area contributed by atoms with Gasteiger partial charge < -0.3 is 4.57 Å². The van der Waals surface area contributed by atoms with Crippen LogP contribution in [0.1, 0.15) is 35.2 Å². The first kappa shape index (κ1) is 16.4. The van der Waals surface area contributed by atoms with Gasteiger partial charge in [0, 0.05) is 35.1 Å². The van der Waals surface area contributed by atoms with Gasteiger partial charge >= 0.3 is 0 Å². The molecule has 0 aliphatic rings. The molecule has 0 aliphatic carbocycles. The summed E-state index contributed by atoms with van der Waals surface area (Å²) in [6.45, 7) is 7.41. The summed E-state index contributed by atoms with van der Waals surface area (Å²) in [5, 5.41) is 5.38. The number of rotatable bonds is 5. The van der Waals surface area contributed by atoms with Gasteiger partial charge in [-0.3, -0.25) is 15.1 Å². The smallest absolute Gasteiger partial charge is 0.276 e. The van der Waals surface area contributed by atoms with Gasteiger partial charge in [-0.2, -0.15) is 0 Å². The molecular formula is C18H20N4OS. The van der Waals surface area contributed by atoms with Gasteiger partial charge in [0.2, 0.25) is 0 Å². The van der Waals surface area contributed by atoms with E-state index in [4.69, 9.17) is 0 Å². The van der Waals surface area contributed by atoms with E-state index in [-0.39, 0.29) is 5.91 Å². The number of aromatic nitrogens is 3. The molecule has 0 bridgehead atoms. The lowest BCUT2D eigenvalue weighted by Crippen LogP contribution is -2.13. The molecule has 3 heterocycles. The first-order valence-electron chi connectivity index (χ1n) is 7.95. The van der Waals surface area contributed by atoms with Gasteiger partial charge in [0.05, 0.1) is 5.69 Å². The van der Waals surface area contributed by atoms with Crippen molar-refractivity contribution in [3.8, 4) is 11.3 Å². The van der Waals surface area contributed by atoms with Crippen molar-refractivity contribution in [1.29, 1.82) is 0 Å². The number of aryl methyl sites for hydroxylation is 1. The SMILES string of the molecule is CCCn1c(C)cc(-c2csc(NC(=O)c3ccccn3)n2)c1C. The largest absolute Gasteiger partial charge is 0.348 e. The predicted molar refractivity (Wildman–Crippen MR) is 97.5 cm³/mol. The number of thiazole rings is 1. The zero-order chi connectivity index (χ0) is 17.1. The number of hydrogen-bond acceptors (Lipinski definition) is 4. The van der Waals surface area contributed by atoms with E-state index in [1.807, 2.05) is 5.38 Å². The summed E-state index contributed by atoms with van der Waals surface area (Å²) in [6.07, 6.45) is 2.70. The maximum absolute atomic E-state index is 12.2. The Bertz CT molecular complexity index is 851. The third-order valence-electron chi connectivity index (χ3n) is 3.92. The van der Waals surface area contributed by atoms with Crippen molar-refractivity contribution in [1.82, 2.24) is 14.5 Å². The van der Waals surface area contributed by atoms with Crippen LogP contribution < -0.4 is 5.32 Å². The molecule has 0 aromatic carbocycles. The van der Waals surface area contributed by atoms with E-state index in [2.05, 4.69) is 46.7 Å². The van der Waals surface area contributed by atoms with Crippen LogP contribution in [-0.4, -0.2) is 20.4 Å². The molecule has 0 fully saturated rings. The van der Waals surface area contributed by atoms with Crippen molar-refractivity contribution < 1.29 is 4.79 Å². The number of nitrogens with one attached hydrogen (secondary N) is 1. The average Bonchev–Trinajstić information content (AvgIpc) is 3.15. The van der Waals surface area contributed by atoms with Crippen LogP contribution in [0.2, 0.25) is 0 Å². The number of nitrogens with zero attached hydrogens (tertiary/aromatic N) is 3. The summed E-state index contributed by atoms with van der Waals surface area (Å²) in [7, 11) is 0. The lowest BCUT2D eigenvalue weighted by molar-refractivity contribution is 0.102. The second-order valence-electron chi connectivity index (χ2n) is 5.64. The number of carbonyl (C=O) groups is 1. The second-order valence-corrected chi connectivity index (χ2v) is 6.50. The van der Waals surface area contributed by atoms with Gasteiger partial charge in [-0.05, 0) is 38.5 Å². The molecule has 0 saturated carbocycles. The van der Waals surface area contributed by atoms with Crippen LogP contribution in [0.15, 0.2) is 35.8 Å². The highest BCUT2D eigenvalue weighted by Gasteiger charge is 2.15. The molecular weight excluding hydrogens is 320 g/mol. The van der Waals surface area contributed by atoms with Crippen LogP contribution in [0.4, 0.5) is 5.13 Å². The molecule has 1 amide bonds. The van der Waals surface area contributed by atoms with E-state index < -0.39 is 0 Å². The van der Waals surface area contributed by atoms with E-state index >= 15 is 0 Å². The van der Waals surface area contributed by atoms with E-state index in [0.717, 1.165) is 24.2 Å². The van der Waals surface area contributed by atoms with Crippen LogP contribution in [0.25, 0.3) is 11.3 Å². The topological polar surface area (TPSA) is 59.8 Å². The Hall–Kier alpha value is -2.47. The minimum Gasteiger partial charge on any atom is -0.348 e. The summed E-state index contributed by atoms with van der Waals surface area (Å²) < 4.78 is 2.31. The minimum atomic E-state index is -0.243. The lowest BCUT2D eigenvalue weighted by Gasteiger charge is -2.07. The number of hydrogen-bond donors (Lipinski definition) is 1. The van der Waals surface area contributed by atoms with Gasteiger partial charge in [0.15, 0.2) is 5.13 Å². The molecule has 124 valence electrons. The Morgan fingerprint density at radius 2 is 2.17 bits per heavy atom. The molecule has 0 saturated heterocycles. The van der Waals surface area contributed by atoms with Crippen molar-refractivity contribution >= 4 is 22.4 Å². The fourth-order valence-electron chi connectivity index (χ4n) is 2.74. The quantitative estimate of drug-likeness (QED) is 0.754. The van der Waals surface area contributed by atoms with Crippen molar-refractivity contribution in [2.75, 3.05) is 5.32 Å². The molecule has 24 heavy (non-hydrogen) atoms. The van der Waals surface area contributed by atoms with Gasteiger partial charge in [-0.15, -0.1) is 11.3 Å². The predicted octanol–water partition coefficient (Wildman–Crippen LogP) is 4.29. The normalized spacial score (nSPS) is 10.8. The van der Waals surface area contributed by atoms with Crippen LogP contribution in [0, 0.1) is 13.8 Å². The molecule has 6 heteroatoms. The van der Waals surface area contributed by atoms with Crippen molar-refractivity contribution in [2.45, 2.75) is 33.7 Å². The number of amides is 1. The fraction of sp³-hybridized carbons (Fsp3) is 0.278. The molecule has 3 aromatic heterocycles. The number of anilines is 1. The Morgan fingerprint density at radius 3 is 2.88 bits per heavy atom. The van der Waals surface area contributed by atoms with Crippen LogP contribution >= 0.6 is 11.3 Å². The van der Waals surface area contributed by atoms with E-state index in [1.54, 1.807) is 24.4 Å². The zero-order valence-corrected chi connectivity index (χ0v) is 14.9. The average molecular weight is 340 g/mol. The summed E-state index contributed by atoms with van der Waals surface area (Å²) in [5.41, 5.74) is 4.84. The Kier molecular flexibility index (Phi) is 4.76. The van der Waals surface area contributed by atoms with Gasteiger partial charge in [0.25, 0.3) is 5.91 Å². The number of carbonyl (C=O) groups excluding carboxylic acids is 1. The van der Waals surface area contributed by atoms with Gasteiger partial charge in [-0.1, -0.05) is 13.0 Å². The summed E-state index contributed by atoms with van der Waals surface area (Å²) in [5.74, 6) is -0.243. The van der Waals surface area contributed by atoms with E-state index in [1.165, 1.54) is 22.7 Å². The summed E-state index contributed by atoms with van der Waals surface area (Å²) in [4.78, 5) is 20.8. The Balaban J connectivity index is 1.81. The molecule has 0 spiro atoms. The molecule has 5 nitrogen and oxygen atoms in total. The maximum atomic E-state index is 12.2. The molecule has 0 unspecified atom stereocenters. The maximum Gasteiger partial charge on any atom is 0.276 e. The van der Waals surface area contributed by atoms with Crippen molar-refractivity contribution in [2.24, 2.45) is 0 Å². The Morgan fingerprint density at radius 1 is 1.33 bits per heavy atom. The highest BCUT2D eigenvalue weighted by Crippen LogP contribution is 2.30. The highest BCUT2D eigenvalue weighted by atomic mass is 32.1. The third-order valence-corrected chi connectivity index (χ3v) is 4.68. The standard InChI is InChI=1S/C18H20N4OS/c1-4-9-22-12(2)10-14(13(22)3)16-11-24-18(20-16)21-17(23)15-7-5-6-8-19-15/h5-8,10-11H,4,9H2,1-3H3,(H,20,21,23). The summed E-state index contributed by atoms with van der Waals surface area (Å²) >= 11 is 1.42. The van der Waals surface area contributed by atoms with Crippen LogP contribution in [-0.2, 0) is 6.54 Å². The first-order valence-corrected chi connectivity index (χ1v) is 8.83. The lowest BCUT2D eigenvalue weighted by atomic mass is 10.2. The van der Waals surface area contributed by atoms with Crippen molar-refractivity contribution in [3.05, 3.63) is 52.9 Å². The summed E-state index contributed by atoms with van der Waals surface area (Å²) in [6, 6.07) is 7.41. The molecule has 3 rings (SSSR count). The second kappa shape index (κ2) is 6.97. The monoisotopic (exact) mass is 340 g/mol. The van der Waals surface area contributed by atoms with Gasteiger partial charge in [-0.25, -0.2) is 4.98 Å². The molecule has 0 radical (unpaired) electrons.